The van der Waals surface area contributed by atoms with Crippen molar-refractivity contribution in [3.63, 3.8) is 0 Å². The van der Waals surface area contributed by atoms with Crippen LogP contribution in [0.2, 0.25) is 0 Å². The van der Waals surface area contributed by atoms with E-state index in [9.17, 15) is 0 Å². The van der Waals surface area contributed by atoms with Gasteiger partial charge in [0.1, 0.15) is 0 Å². The van der Waals surface area contributed by atoms with Gasteiger partial charge in [0.25, 0.3) is 0 Å². The summed E-state index contributed by atoms with van der Waals surface area (Å²) in [6, 6.07) is 4.49. The standard InChI is InChI=1S/C17H28N2O/c1-5-19(6-2)11-17-15(14-9-10-20-12-14)7-8-16(18-17)13(3)4/h7-8,13-14H,5-6,9-12H2,1-4H3/t14-/m0/s1. The zero-order valence-electron chi connectivity index (χ0n) is 13.4. The summed E-state index contributed by atoms with van der Waals surface area (Å²) in [6.45, 7) is 13.7. The molecule has 0 spiro atoms. The van der Waals surface area contributed by atoms with Gasteiger partial charge in [-0.15, -0.1) is 0 Å². The smallest absolute Gasteiger partial charge is 0.0583 e. The van der Waals surface area contributed by atoms with Crippen LogP contribution in [0.4, 0.5) is 0 Å². The summed E-state index contributed by atoms with van der Waals surface area (Å²) in [4.78, 5) is 7.39. The van der Waals surface area contributed by atoms with Gasteiger partial charge >= 0.3 is 0 Å². The molecule has 1 saturated heterocycles. The molecule has 0 aromatic carbocycles. The van der Waals surface area contributed by atoms with Gasteiger partial charge < -0.3 is 4.74 Å². The van der Waals surface area contributed by atoms with Crippen LogP contribution in [-0.4, -0.2) is 36.2 Å². The van der Waals surface area contributed by atoms with E-state index in [1.165, 1.54) is 17.0 Å². The molecule has 2 rings (SSSR count). The maximum atomic E-state index is 5.56. The molecule has 0 saturated carbocycles. The fraction of sp³-hybridized carbons (Fsp3) is 0.706. The third-order valence-corrected chi connectivity index (χ3v) is 4.26. The van der Waals surface area contributed by atoms with Gasteiger partial charge in [-0.05, 0) is 37.1 Å². The molecule has 1 aliphatic rings. The highest BCUT2D eigenvalue weighted by atomic mass is 16.5. The summed E-state index contributed by atoms with van der Waals surface area (Å²) in [5, 5.41) is 0. The van der Waals surface area contributed by atoms with Gasteiger partial charge in [-0.25, -0.2) is 0 Å². The van der Waals surface area contributed by atoms with Crippen LogP contribution in [-0.2, 0) is 11.3 Å². The molecule has 1 aromatic rings. The topological polar surface area (TPSA) is 25.4 Å². The molecule has 3 heteroatoms. The SMILES string of the molecule is CCN(CC)Cc1nc(C(C)C)ccc1[C@H]1CCOC1. The highest BCUT2D eigenvalue weighted by Gasteiger charge is 2.22. The Kier molecular flexibility index (Phi) is 5.55. The molecule has 0 bridgehead atoms. The second-order valence-electron chi connectivity index (χ2n) is 5.95. The van der Waals surface area contributed by atoms with Gasteiger partial charge in [-0.1, -0.05) is 33.8 Å². The van der Waals surface area contributed by atoms with Crippen molar-refractivity contribution in [2.75, 3.05) is 26.3 Å². The molecule has 1 aliphatic heterocycles. The number of rotatable bonds is 6. The summed E-state index contributed by atoms with van der Waals surface area (Å²) >= 11 is 0. The lowest BCUT2D eigenvalue weighted by molar-refractivity contribution is 0.193. The van der Waals surface area contributed by atoms with Crippen molar-refractivity contribution in [1.29, 1.82) is 0 Å². The van der Waals surface area contributed by atoms with Crippen LogP contribution >= 0.6 is 0 Å². The monoisotopic (exact) mass is 276 g/mol. The van der Waals surface area contributed by atoms with E-state index in [4.69, 9.17) is 9.72 Å². The van der Waals surface area contributed by atoms with Crippen molar-refractivity contribution in [2.24, 2.45) is 0 Å². The predicted octanol–water partition coefficient (Wildman–Crippen LogP) is 3.55. The Morgan fingerprint density at radius 2 is 2.05 bits per heavy atom. The number of aromatic nitrogens is 1. The zero-order chi connectivity index (χ0) is 14.5. The van der Waals surface area contributed by atoms with Crippen molar-refractivity contribution < 1.29 is 4.74 Å². The molecule has 0 unspecified atom stereocenters. The molecule has 1 atom stereocenters. The third kappa shape index (κ3) is 3.58. The molecule has 0 N–H and O–H groups in total. The molecule has 20 heavy (non-hydrogen) atoms. The van der Waals surface area contributed by atoms with E-state index in [0.717, 1.165) is 39.3 Å². The second kappa shape index (κ2) is 7.19. The average Bonchev–Trinajstić information content (AvgIpc) is 2.98. The molecule has 0 radical (unpaired) electrons. The second-order valence-corrected chi connectivity index (χ2v) is 5.95. The van der Waals surface area contributed by atoms with Gasteiger partial charge in [-0.2, -0.15) is 0 Å². The minimum absolute atomic E-state index is 0.485. The van der Waals surface area contributed by atoms with E-state index in [1.807, 2.05) is 0 Å². The maximum Gasteiger partial charge on any atom is 0.0583 e. The van der Waals surface area contributed by atoms with Crippen LogP contribution < -0.4 is 0 Å². The first-order valence-electron chi connectivity index (χ1n) is 7.95. The van der Waals surface area contributed by atoms with Gasteiger partial charge in [0, 0.05) is 24.8 Å². The lowest BCUT2D eigenvalue weighted by Crippen LogP contribution is -2.24. The van der Waals surface area contributed by atoms with Crippen molar-refractivity contribution in [3.05, 3.63) is 29.1 Å². The quantitative estimate of drug-likeness (QED) is 0.794. The van der Waals surface area contributed by atoms with Crippen LogP contribution in [0.3, 0.4) is 0 Å². The Labute approximate surface area is 123 Å². The molecule has 1 aromatic heterocycles. The van der Waals surface area contributed by atoms with E-state index < -0.39 is 0 Å². The number of nitrogens with zero attached hydrogens (tertiary/aromatic N) is 2. The summed E-state index contributed by atoms with van der Waals surface area (Å²) in [6.07, 6.45) is 1.13. The van der Waals surface area contributed by atoms with Crippen molar-refractivity contribution in [3.8, 4) is 0 Å². The summed E-state index contributed by atoms with van der Waals surface area (Å²) < 4.78 is 5.56. The Bertz CT molecular complexity index is 421. The molecule has 1 fully saturated rings. The molecule has 0 amide bonds. The summed E-state index contributed by atoms with van der Waals surface area (Å²) in [7, 11) is 0. The van der Waals surface area contributed by atoms with E-state index >= 15 is 0 Å². The summed E-state index contributed by atoms with van der Waals surface area (Å²) in [5.74, 6) is 1.02. The maximum absolute atomic E-state index is 5.56. The fourth-order valence-electron chi connectivity index (χ4n) is 2.79. The lowest BCUT2D eigenvalue weighted by Gasteiger charge is -2.22. The third-order valence-electron chi connectivity index (χ3n) is 4.26. The Morgan fingerprint density at radius 3 is 2.60 bits per heavy atom. The molecular formula is C17H28N2O. The van der Waals surface area contributed by atoms with E-state index in [2.05, 4.69) is 44.7 Å². The lowest BCUT2D eigenvalue weighted by atomic mass is 9.95. The Hall–Kier alpha value is -0.930. The number of hydrogen-bond donors (Lipinski definition) is 0. The van der Waals surface area contributed by atoms with Crippen molar-refractivity contribution >= 4 is 0 Å². The van der Waals surface area contributed by atoms with Crippen LogP contribution in [0.25, 0.3) is 0 Å². The predicted molar refractivity (Wildman–Crippen MR) is 83.1 cm³/mol. The summed E-state index contributed by atoms with van der Waals surface area (Å²) in [5.41, 5.74) is 3.86. The minimum Gasteiger partial charge on any atom is -0.381 e. The molecule has 3 nitrogen and oxygen atoms in total. The Morgan fingerprint density at radius 1 is 1.30 bits per heavy atom. The Balaban J connectivity index is 2.29. The fourth-order valence-corrected chi connectivity index (χ4v) is 2.79. The van der Waals surface area contributed by atoms with Gasteiger partial charge in [0.15, 0.2) is 0 Å². The van der Waals surface area contributed by atoms with E-state index in [0.29, 0.717) is 11.8 Å². The number of hydrogen-bond acceptors (Lipinski definition) is 3. The highest BCUT2D eigenvalue weighted by Crippen LogP contribution is 2.29. The van der Waals surface area contributed by atoms with Crippen molar-refractivity contribution in [2.45, 2.75) is 52.5 Å². The highest BCUT2D eigenvalue weighted by molar-refractivity contribution is 5.28. The molecule has 0 aliphatic carbocycles. The number of ether oxygens (including phenoxy) is 1. The van der Waals surface area contributed by atoms with E-state index in [-0.39, 0.29) is 0 Å². The van der Waals surface area contributed by atoms with Crippen LogP contribution in [0.1, 0.15) is 62.9 Å². The first-order chi connectivity index (χ1) is 9.65. The normalized spacial score (nSPS) is 19.2. The number of pyridine rings is 1. The molecule has 2 heterocycles. The van der Waals surface area contributed by atoms with Gasteiger partial charge in [0.2, 0.25) is 0 Å². The van der Waals surface area contributed by atoms with Crippen LogP contribution in [0, 0.1) is 0 Å². The average molecular weight is 276 g/mol. The van der Waals surface area contributed by atoms with Gasteiger partial charge in [-0.3, -0.25) is 9.88 Å². The largest absolute Gasteiger partial charge is 0.381 e. The molecular weight excluding hydrogens is 248 g/mol. The van der Waals surface area contributed by atoms with E-state index in [1.54, 1.807) is 0 Å². The van der Waals surface area contributed by atoms with Crippen LogP contribution in [0.15, 0.2) is 12.1 Å². The minimum atomic E-state index is 0.485. The first kappa shape index (κ1) is 15.5. The van der Waals surface area contributed by atoms with Gasteiger partial charge in [0.05, 0.1) is 12.3 Å². The zero-order valence-corrected chi connectivity index (χ0v) is 13.4. The van der Waals surface area contributed by atoms with Crippen LogP contribution in [0.5, 0.6) is 0 Å². The first-order valence-corrected chi connectivity index (χ1v) is 7.95. The van der Waals surface area contributed by atoms with Crippen molar-refractivity contribution in [1.82, 2.24) is 9.88 Å². The molecule has 112 valence electrons.